The molecule has 2 aromatic heterocycles. The lowest BCUT2D eigenvalue weighted by Crippen LogP contribution is -2.25. The fourth-order valence-electron chi connectivity index (χ4n) is 3.09. The molecule has 1 saturated heterocycles. The molecule has 1 N–H and O–H groups in total. The molecule has 0 saturated carbocycles. The molecule has 118 valence electrons. The second kappa shape index (κ2) is 6.92. The third kappa shape index (κ3) is 3.85. The largest absolute Gasteiger partial charge is 0.370 e. The molecule has 0 bridgehead atoms. The number of likely N-dealkylation sites (tertiary alicyclic amines) is 1. The van der Waals surface area contributed by atoms with E-state index in [1.807, 2.05) is 37.0 Å². The van der Waals surface area contributed by atoms with Crippen LogP contribution in [0.4, 0.5) is 5.82 Å². The highest BCUT2D eigenvalue weighted by Crippen LogP contribution is 2.17. The first-order valence-electron chi connectivity index (χ1n) is 8.07. The third-order valence-electron chi connectivity index (χ3n) is 4.44. The molecule has 0 radical (unpaired) electrons. The summed E-state index contributed by atoms with van der Waals surface area (Å²) in [4.78, 5) is 7.06. The summed E-state index contributed by atoms with van der Waals surface area (Å²) in [6.07, 6.45) is 4.22. The number of hydrogen-bond acceptors (Lipinski definition) is 4. The molecule has 0 aromatic carbocycles. The Hall–Kier alpha value is -1.88. The van der Waals surface area contributed by atoms with Gasteiger partial charge in [-0.3, -0.25) is 4.68 Å². The van der Waals surface area contributed by atoms with Crippen LogP contribution in [0.1, 0.15) is 17.8 Å². The number of nitrogens with one attached hydrogen (secondary N) is 1. The molecule has 1 aliphatic heterocycles. The van der Waals surface area contributed by atoms with Gasteiger partial charge < -0.3 is 10.2 Å². The minimum atomic E-state index is 0.717. The number of aryl methyl sites for hydroxylation is 2. The van der Waals surface area contributed by atoms with Crippen molar-refractivity contribution in [2.45, 2.75) is 19.8 Å². The Bertz CT molecular complexity index is 607. The van der Waals surface area contributed by atoms with Gasteiger partial charge in [-0.25, -0.2) is 4.98 Å². The van der Waals surface area contributed by atoms with Gasteiger partial charge in [-0.2, -0.15) is 5.10 Å². The van der Waals surface area contributed by atoms with Crippen molar-refractivity contribution in [3.05, 3.63) is 41.9 Å². The first-order valence-corrected chi connectivity index (χ1v) is 8.07. The fourth-order valence-corrected chi connectivity index (χ4v) is 3.09. The molecule has 0 amide bonds. The molecule has 0 aliphatic carbocycles. The van der Waals surface area contributed by atoms with Crippen LogP contribution in [-0.2, 0) is 13.5 Å². The van der Waals surface area contributed by atoms with Gasteiger partial charge in [0, 0.05) is 50.7 Å². The molecule has 1 atom stereocenters. The molecule has 5 nitrogen and oxygen atoms in total. The van der Waals surface area contributed by atoms with Crippen LogP contribution in [0.25, 0.3) is 0 Å². The second-order valence-electron chi connectivity index (χ2n) is 6.20. The van der Waals surface area contributed by atoms with Crippen molar-refractivity contribution in [3.8, 4) is 0 Å². The molecular weight excluding hydrogens is 274 g/mol. The van der Waals surface area contributed by atoms with Gasteiger partial charge in [-0.1, -0.05) is 6.07 Å². The summed E-state index contributed by atoms with van der Waals surface area (Å²) in [5, 5.41) is 7.70. The van der Waals surface area contributed by atoms with Gasteiger partial charge in [0.25, 0.3) is 0 Å². The number of nitrogens with zero attached hydrogens (tertiary/aromatic N) is 4. The van der Waals surface area contributed by atoms with Crippen LogP contribution in [0.2, 0.25) is 0 Å². The fraction of sp³-hybridized carbons (Fsp3) is 0.529. The molecule has 1 fully saturated rings. The number of anilines is 1. The van der Waals surface area contributed by atoms with E-state index in [4.69, 9.17) is 0 Å². The van der Waals surface area contributed by atoms with Crippen molar-refractivity contribution >= 4 is 5.82 Å². The maximum atomic E-state index is 4.50. The first-order chi connectivity index (χ1) is 10.7. The van der Waals surface area contributed by atoms with Crippen molar-refractivity contribution in [1.82, 2.24) is 19.7 Å². The average Bonchev–Trinajstić information content (AvgIpc) is 3.12. The number of pyridine rings is 1. The number of aromatic nitrogens is 3. The van der Waals surface area contributed by atoms with Gasteiger partial charge in [-0.15, -0.1) is 0 Å². The Morgan fingerprint density at radius 1 is 1.32 bits per heavy atom. The molecule has 3 rings (SSSR count). The van der Waals surface area contributed by atoms with Crippen molar-refractivity contribution in [3.63, 3.8) is 0 Å². The van der Waals surface area contributed by atoms with E-state index in [0.717, 1.165) is 31.0 Å². The van der Waals surface area contributed by atoms with E-state index in [1.165, 1.54) is 25.2 Å². The molecule has 22 heavy (non-hydrogen) atoms. The molecule has 0 spiro atoms. The molecule has 3 heterocycles. The summed E-state index contributed by atoms with van der Waals surface area (Å²) in [5.74, 6) is 1.71. The summed E-state index contributed by atoms with van der Waals surface area (Å²) < 4.78 is 1.97. The van der Waals surface area contributed by atoms with Gasteiger partial charge in [0.05, 0.1) is 0 Å². The standard InChI is InChI=1S/C17H25N5/c1-14-4-3-5-17(20-14)18-12-15-7-10-22(13-15)11-8-16-6-9-19-21(16)2/h3-6,9,15H,7-8,10-13H2,1-2H3,(H,18,20)/t15-/m1/s1. The smallest absolute Gasteiger partial charge is 0.126 e. The monoisotopic (exact) mass is 299 g/mol. The summed E-state index contributed by atoms with van der Waals surface area (Å²) in [6, 6.07) is 8.24. The zero-order valence-corrected chi connectivity index (χ0v) is 13.5. The van der Waals surface area contributed by atoms with E-state index >= 15 is 0 Å². The van der Waals surface area contributed by atoms with Crippen LogP contribution >= 0.6 is 0 Å². The van der Waals surface area contributed by atoms with E-state index < -0.39 is 0 Å². The lowest BCUT2D eigenvalue weighted by Gasteiger charge is -2.16. The average molecular weight is 299 g/mol. The Morgan fingerprint density at radius 3 is 3.00 bits per heavy atom. The van der Waals surface area contributed by atoms with E-state index in [-0.39, 0.29) is 0 Å². The van der Waals surface area contributed by atoms with Crippen molar-refractivity contribution in [2.75, 3.05) is 31.5 Å². The maximum absolute atomic E-state index is 4.50. The van der Waals surface area contributed by atoms with Crippen LogP contribution in [0.5, 0.6) is 0 Å². The number of hydrogen-bond donors (Lipinski definition) is 1. The van der Waals surface area contributed by atoms with Crippen LogP contribution < -0.4 is 5.32 Å². The van der Waals surface area contributed by atoms with Crippen molar-refractivity contribution < 1.29 is 0 Å². The Kier molecular flexibility index (Phi) is 4.73. The van der Waals surface area contributed by atoms with Crippen LogP contribution in [0, 0.1) is 12.8 Å². The summed E-state index contributed by atoms with van der Waals surface area (Å²) in [7, 11) is 2.01. The first kappa shape index (κ1) is 15.0. The Labute approximate surface area is 132 Å². The predicted molar refractivity (Wildman–Crippen MR) is 88.9 cm³/mol. The Balaban J connectivity index is 1.41. The van der Waals surface area contributed by atoms with Crippen molar-refractivity contribution in [2.24, 2.45) is 13.0 Å². The zero-order chi connectivity index (χ0) is 15.4. The molecular formula is C17H25N5. The molecule has 5 heteroatoms. The SMILES string of the molecule is Cc1cccc(NC[C@H]2CCN(CCc3ccnn3C)C2)n1. The summed E-state index contributed by atoms with van der Waals surface area (Å²) in [6.45, 7) is 6.54. The highest BCUT2D eigenvalue weighted by molar-refractivity contribution is 5.35. The van der Waals surface area contributed by atoms with Crippen LogP contribution in [-0.4, -0.2) is 45.8 Å². The normalized spacial score (nSPS) is 18.7. The van der Waals surface area contributed by atoms with E-state index in [0.29, 0.717) is 5.92 Å². The van der Waals surface area contributed by atoms with Crippen LogP contribution in [0.15, 0.2) is 30.5 Å². The molecule has 1 aliphatic rings. The lowest BCUT2D eigenvalue weighted by atomic mass is 10.1. The number of rotatable bonds is 6. The van der Waals surface area contributed by atoms with Gasteiger partial charge in [0.1, 0.15) is 5.82 Å². The third-order valence-corrected chi connectivity index (χ3v) is 4.44. The minimum Gasteiger partial charge on any atom is -0.370 e. The summed E-state index contributed by atoms with van der Waals surface area (Å²) >= 11 is 0. The highest BCUT2D eigenvalue weighted by Gasteiger charge is 2.22. The zero-order valence-electron chi connectivity index (χ0n) is 13.5. The van der Waals surface area contributed by atoms with Crippen molar-refractivity contribution in [1.29, 1.82) is 0 Å². The van der Waals surface area contributed by atoms with Gasteiger partial charge >= 0.3 is 0 Å². The van der Waals surface area contributed by atoms with Gasteiger partial charge in [0.2, 0.25) is 0 Å². The van der Waals surface area contributed by atoms with Gasteiger partial charge in [-0.05, 0) is 44.0 Å². The van der Waals surface area contributed by atoms with E-state index in [1.54, 1.807) is 0 Å². The quantitative estimate of drug-likeness (QED) is 0.887. The topological polar surface area (TPSA) is 46.0 Å². The maximum Gasteiger partial charge on any atom is 0.126 e. The molecule has 2 aromatic rings. The predicted octanol–water partition coefficient (Wildman–Crippen LogP) is 2.10. The lowest BCUT2D eigenvalue weighted by molar-refractivity contribution is 0.328. The second-order valence-corrected chi connectivity index (χ2v) is 6.20. The van der Waals surface area contributed by atoms with E-state index in [9.17, 15) is 0 Å². The summed E-state index contributed by atoms with van der Waals surface area (Å²) in [5.41, 5.74) is 2.37. The minimum absolute atomic E-state index is 0.717. The van der Waals surface area contributed by atoms with E-state index in [2.05, 4.69) is 32.4 Å². The Morgan fingerprint density at radius 2 is 2.23 bits per heavy atom. The highest BCUT2D eigenvalue weighted by atomic mass is 15.3. The van der Waals surface area contributed by atoms with Gasteiger partial charge in [0.15, 0.2) is 0 Å². The molecule has 0 unspecified atom stereocenters. The van der Waals surface area contributed by atoms with Crippen LogP contribution in [0.3, 0.4) is 0 Å².